The fourth-order valence-electron chi connectivity index (χ4n) is 5.14. The molecule has 5 nitrogen and oxygen atoms in total. The third-order valence-corrected chi connectivity index (χ3v) is 7.55. The van der Waals surface area contributed by atoms with E-state index < -0.39 is 0 Å². The summed E-state index contributed by atoms with van der Waals surface area (Å²) in [6.45, 7) is 7.21. The van der Waals surface area contributed by atoms with Gasteiger partial charge in [0.25, 0.3) is 0 Å². The van der Waals surface area contributed by atoms with E-state index in [-0.39, 0.29) is 23.7 Å². The maximum atomic E-state index is 12.6. The lowest BCUT2D eigenvalue weighted by atomic mass is 9.94. The van der Waals surface area contributed by atoms with E-state index in [1.165, 1.54) is 116 Å². The molecule has 2 amide bonds. The molecule has 0 bridgehead atoms. The molecule has 0 saturated carbocycles. The zero-order valence-electron chi connectivity index (χ0n) is 23.4. The highest BCUT2D eigenvalue weighted by molar-refractivity contribution is 5.88. The Morgan fingerprint density at radius 1 is 0.514 bits per heavy atom. The normalized spacial score (nSPS) is 17.5. The van der Waals surface area contributed by atoms with Crippen molar-refractivity contribution in [3.8, 4) is 0 Å². The topological polar surface area (TPSA) is 70.2 Å². The van der Waals surface area contributed by atoms with E-state index in [1.54, 1.807) is 0 Å². The Labute approximate surface area is 217 Å². The summed E-state index contributed by atoms with van der Waals surface area (Å²) in [6, 6.07) is 0. The first-order valence-corrected chi connectivity index (χ1v) is 15.5. The Morgan fingerprint density at radius 3 is 1.11 bits per heavy atom. The van der Waals surface area contributed by atoms with E-state index in [2.05, 4.69) is 29.8 Å². The monoisotopic (exact) mass is 493 g/mol. The molecule has 1 saturated heterocycles. The summed E-state index contributed by atoms with van der Waals surface area (Å²) >= 11 is 0. The second kappa shape index (κ2) is 23.3. The van der Waals surface area contributed by atoms with E-state index in [0.29, 0.717) is 13.1 Å². The first-order chi connectivity index (χ1) is 17.2. The maximum Gasteiger partial charge on any atom is 0.225 e. The third kappa shape index (κ3) is 17.1. The van der Waals surface area contributed by atoms with E-state index in [9.17, 15) is 9.59 Å². The lowest BCUT2D eigenvalue weighted by molar-refractivity contribution is -0.132. The van der Waals surface area contributed by atoms with Gasteiger partial charge in [-0.15, -0.1) is 0 Å². The second-order valence-electron chi connectivity index (χ2n) is 10.8. The van der Waals surface area contributed by atoms with Crippen LogP contribution in [0.3, 0.4) is 0 Å². The Bertz CT molecular complexity index is 468. The Balaban J connectivity index is 2.01. The van der Waals surface area contributed by atoms with E-state index >= 15 is 0 Å². The molecule has 1 aliphatic rings. The van der Waals surface area contributed by atoms with Gasteiger partial charge in [-0.2, -0.15) is 0 Å². The van der Waals surface area contributed by atoms with Crippen molar-refractivity contribution in [3.05, 3.63) is 0 Å². The molecule has 206 valence electrons. The van der Waals surface area contributed by atoms with Crippen molar-refractivity contribution in [2.75, 3.05) is 26.2 Å². The van der Waals surface area contributed by atoms with Gasteiger partial charge in [0.05, 0.1) is 11.8 Å². The van der Waals surface area contributed by atoms with Crippen LogP contribution >= 0.6 is 0 Å². The number of carbonyl (C=O) groups excluding carboxylic acids is 2. The standard InChI is InChI=1S/C30H59N3O2/c1-3-5-7-9-11-13-15-17-19-21-23-32-29(34)27-25-31-26-28(27)30(35)33-24-22-20-18-16-14-12-10-8-6-4-2/h27-28,31H,3-26H2,1-2H3,(H,32,34)(H,33,35)/t27-,28-/m1/s1. The van der Waals surface area contributed by atoms with Crippen LogP contribution in [0.5, 0.6) is 0 Å². The van der Waals surface area contributed by atoms with Crippen LogP contribution in [0.15, 0.2) is 0 Å². The maximum absolute atomic E-state index is 12.6. The molecule has 1 fully saturated rings. The summed E-state index contributed by atoms with van der Waals surface area (Å²) < 4.78 is 0. The van der Waals surface area contributed by atoms with Gasteiger partial charge in [-0.1, -0.05) is 129 Å². The van der Waals surface area contributed by atoms with Gasteiger partial charge in [-0.25, -0.2) is 0 Å². The molecule has 0 radical (unpaired) electrons. The predicted molar refractivity (Wildman–Crippen MR) is 150 cm³/mol. The minimum absolute atomic E-state index is 0.0463. The fourth-order valence-corrected chi connectivity index (χ4v) is 5.14. The van der Waals surface area contributed by atoms with Gasteiger partial charge in [0.2, 0.25) is 11.8 Å². The number of hydrogen-bond donors (Lipinski definition) is 3. The van der Waals surface area contributed by atoms with Crippen LogP contribution in [0.25, 0.3) is 0 Å². The summed E-state index contributed by atoms with van der Waals surface area (Å²) in [7, 11) is 0. The number of nitrogens with one attached hydrogen (secondary N) is 3. The first-order valence-electron chi connectivity index (χ1n) is 15.5. The number of rotatable bonds is 24. The largest absolute Gasteiger partial charge is 0.356 e. The molecular weight excluding hydrogens is 434 g/mol. The van der Waals surface area contributed by atoms with Gasteiger partial charge in [-0.05, 0) is 12.8 Å². The van der Waals surface area contributed by atoms with Crippen LogP contribution in [-0.2, 0) is 9.59 Å². The van der Waals surface area contributed by atoms with E-state index in [1.807, 2.05) is 0 Å². The number of amides is 2. The SMILES string of the molecule is CCCCCCCCCCCCNC(=O)[C@@H]1CNC[C@H]1C(=O)NCCCCCCCCCCCC. The molecule has 35 heavy (non-hydrogen) atoms. The Hall–Kier alpha value is -1.10. The molecule has 0 spiro atoms. The van der Waals surface area contributed by atoms with Gasteiger partial charge >= 0.3 is 0 Å². The summed E-state index contributed by atoms with van der Waals surface area (Å²) in [6.07, 6.45) is 25.9. The van der Waals surface area contributed by atoms with Crippen LogP contribution in [0.4, 0.5) is 0 Å². The van der Waals surface area contributed by atoms with Crippen molar-refractivity contribution in [1.29, 1.82) is 0 Å². The third-order valence-electron chi connectivity index (χ3n) is 7.55. The van der Waals surface area contributed by atoms with Crippen LogP contribution in [0.1, 0.15) is 142 Å². The van der Waals surface area contributed by atoms with Crippen LogP contribution in [0, 0.1) is 11.8 Å². The zero-order chi connectivity index (χ0) is 25.4. The van der Waals surface area contributed by atoms with Gasteiger partial charge in [0.15, 0.2) is 0 Å². The van der Waals surface area contributed by atoms with Gasteiger partial charge < -0.3 is 16.0 Å². The highest BCUT2D eigenvalue weighted by Gasteiger charge is 2.37. The molecular formula is C30H59N3O2. The average molecular weight is 494 g/mol. The highest BCUT2D eigenvalue weighted by atomic mass is 16.2. The molecule has 1 rings (SSSR count). The summed E-state index contributed by atoms with van der Waals surface area (Å²) in [4.78, 5) is 25.3. The number of carbonyl (C=O) groups is 2. The summed E-state index contributed by atoms with van der Waals surface area (Å²) in [5.41, 5.74) is 0. The lowest BCUT2D eigenvalue weighted by Gasteiger charge is -2.18. The number of unbranched alkanes of at least 4 members (excludes halogenated alkanes) is 18. The predicted octanol–water partition coefficient (Wildman–Crippen LogP) is 6.90. The second-order valence-corrected chi connectivity index (χ2v) is 10.8. The van der Waals surface area contributed by atoms with Crippen molar-refractivity contribution in [3.63, 3.8) is 0 Å². The molecule has 1 aliphatic heterocycles. The van der Waals surface area contributed by atoms with Crippen molar-refractivity contribution < 1.29 is 9.59 Å². The minimum atomic E-state index is -0.231. The molecule has 0 aromatic heterocycles. The molecule has 1 heterocycles. The smallest absolute Gasteiger partial charge is 0.225 e. The fraction of sp³-hybridized carbons (Fsp3) is 0.933. The van der Waals surface area contributed by atoms with E-state index in [0.717, 1.165) is 25.9 Å². The van der Waals surface area contributed by atoms with Crippen molar-refractivity contribution in [2.45, 2.75) is 142 Å². The molecule has 0 aromatic carbocycles. The van der Waals surface area contributed by atoms with Crippen LogP contribution < -0.4 is 16.0 Å². The number of hydrogen-bond acceptors (Lipinski definition) is 3. The molecule has 0 aromatic rings. The molecule has 2 atom stereocenters. The average Bonchev–Trinajstić information content (AvgIpc) is 3.36. The van der Waals surface area contributed by atoms with E-state index in [4.69, 9.17) is 0 Å². The van der Waals surface area contributed by atoms with Gasteiger partial charge in [-0.3, -0.25) is 9.59 Å². The summed E-state index contributed by atoms with van der Waals surface area (Å²) in [5, 5.41) is 9.42. The molecule has 0 unspecified atom stereocenters. The van der Waals surface area contributed by atoms with Gasteiger partial charge in [0.1, 0.15) is 0 Å². The first kappa shape index (κ1) is 31.9. The highest BCUT2D eigenvalue weighted by Crippen LogP contribution is 2.18. The lowest BCUT2D eigenvalue weighted by Crippen LogP contribution is -2.42. The van der Waals surface area contributed by atoms with Gasteiger partial charge in [0, 0.05) is 26.2 Å². The van der Waals surface area contributed by atoms with Crippen molar-refractivity contribution >= 4 is 11.8 Å². The van der Waals surface area contributed by atoms with Crippen molar-refractivity contribution in [2.24, 2.45) is 11.8 Å². The van der Waals surface area contributed by atoms with Crippen molar-refractivity contribution in [1.82, 2.24) is 16.0 Å². The molecule has 0 aliphatic carbocycles. The Kier molecular flexibility index (Phi) is 21.3. The molecule has 5 heteroatoms. The Morgan fingerprint density at radius 2 is 0.800 bits per heavy atom. The summed E-state index contributed by atoms with van der Waals surface area (Å²) in [5.74, 6) is -0.369. The minimum Gasteiger partial charge on any atom is -0.356 e. The van der Waals surface area contributed by atoms with Crippen LogP contribution in [0.2, 0.25) is 0 Å². The van der Waals surface area contributed by atoms with Crippen LogP contribution in [-0.4, -0.2) is 38.0 Å². The zero-order valence-corrected chi connectivity index (χ0v) is 23.4. The quantitative estimate of drug-likeness (QED) is 0.128. The molecule has 3 N–H and O–H groups in total.